The fraction of sp³-hybridized carbons (Fsp3) is 0.133. The molecule has 0 bridgehead atoms. The molecule has 0 aliphatic heterocycles. The molecule has 0 aliphatic rings. The second kappa shape index (κ2) is 5.52. The Bertz CT molecular complexity index is 591. The Hall–Kier alpha value is -2.36. The molecule has 0 spiro atoms. The largest absolute Gasteiger partial charge is 0.457 e. The Morgan fingerprint density at radius 2 is 2.05 bits per heavy atom. The van der Waals surface area contributed by atoms with E-state index in [1.54, 1.807) is 0 Å². The zero-order valence-electron chi connectivity index (χ0n) is 10.5. The van der Waals surface area contributed by atoms with Crippen LogP contribution in [-0.4, -0.2) is 5.97 Å². The molecule has 2 N–H and O–H groups in total. The summed E-state index contributed by atoms with van der Waals surface area (Å²) in [4.78, 5) is 11.8. The highest BCUT2D eigenvalue weighted by Crippen LogP contribution is 2.13. The molecule has 0 radical (unpaired) electrons. The van der Waals surface area contributed by atoms with Crippen LogP contribution in [0.2, 0.25) is 0 Å². The Balaban J connectivity index is 2.05. The molecular weight excluding hydrogens is 245 g/mol. The van der Waals surface area contributed by atoms with Crippen LogP contribution in [0.4, 0.5) is 10.1 Å². The Kier molecular flexibility index (Phi) is 3.80. The minimum Gasteiger partial charge on any atom is -0.457 e. The van der Waals surface area contributed by atoms with Crippen LogP contribution >= 0.6 is 0 Å². The number of halogens is 1. The average Bonchev–Trinajstić information content (AvgIpc) is 2.35. The summed E-state index contributed by atoms with van der Waals surface area (Å²) in [5.74, 6) is -1.14. The number of benzene rings is 2. The SMILES string of the molecule is Cc1cccc(COC(=O)c2cc(N)cc(F)c2)c1. The van der Waals surface area contributed by atoms with Crippen LogP contribution in [0.15, 0.2) is 42.5 Å². The molecule has 0 heterocycles. The highest BCUT2D eigenvalue weighted by Gasteiger charge is 2.09. The van der Waals surface area contributed by atoms with E-state index >= 15 is 0 Å². The van der Waals surface area contributed by atoms with Gasteiger partial charge in [-0.1, -0.05) is 29.8 Å². The fourth-order valence-electron chi connectivity index (χ4n) is 1.76. The quantitative estimate of drug-likeness (QED) is 0.680. The second-order valence-electron chi connectivity index (χ2n) is 4.34. The summed E-state index contributed by atoms with van der Waals surface area (Å²) in [5.41, 5.74) is 7.76. The van der Waals surface area contributed by atoms with Gasteiger partial charge >= 0.3 is 5.97 Å². The van der Waals surface area contributed by atoms with Gasteiger partial charge in [0.25, 0.3) is 0 Å². The molecule has 0 fully saturated rings. The highest BCUT2D eigenvalue weighted by molar-refractivity contribution is 5.90. The normalized spacial score (nSPS) is 10.2. The lowest BCUT2D eigenvalue weighted by Crippen LogP contribution is -2.06. The van der Waals surface area contributed by atoms with Crippen LogP contribution in [0.3, 0.4) is 0 Å². The van der Waals surface area contributed by atoms with E-state index in [9.17, 15) is 9.18 Å². The number of ether oxygens (including phenoxy) is 1. The van der Waals surface area contributed by atoms with Gasteiger partial charge in [0.2, 0.25) is 0 Å². The van der Waals surface area contributed by atoms with Crippen molar-refractivity contribution in [3.05, 3.63) is 65.0 Å². The van der Waals surface area contributed by atoms with E-state index in [0.717, 1.165) is 23.3 Å². The molecule has 0 saturated heterocycles. The lowest BCUT2D eigenvalue weighted by Gasteiger charge is -2.06. The van der Waals surface area contributed by atoms with E-state index in [4.69, 9.17) is 10.5 Å². The molecule has 19 heavy (non-hydrogen) atoms. The first-order valence-electron chi connectivity index (χ1n) is 5.83. The molecule has 0 atom stereocenters. The molecule has 0 amide bonds. The van der Waals surface area contributed by atoms with Gasteiger partial charge in [-0.2, -0.15) is 0 Å². The Morgan fingerprint density at radius 3 is 2.74 bits per heavy atom. The zero-order valence-corrected chi connectivity index (χ0v) is 10.5. The van der Waals surface area contributed by atoms with Crippen LogP contribution in [0.25, 0.3) is 0 Å². The zero-order chi connectivity index (χ0) is 13.8. The maximum absolute atomic E-state index is 13.1. The second-order valence-corrected chi connectivity index (χ2v) is 4.34. The Labute approximate surface area is 110 Å². The first-order chi connectivity index (χ1) is 9.04. The summed E-state index contributed by atoms with van der Waals surface area (Å²) >= 11 is 0. The molecule has 0 saturated carbocycles. The van der Waals surface area contributed by atoms with E-state index in [0.29, 0.717) is 0 Å². The van der Waals surface area contributed by atoms with Gasteiger partial charge in [-0.05, 0) is 30.7 Å². The van der Waals surface area contributed by atoms with Crippen LogP contribution in [0.5, 0.6) is 0 Å². The van der Waals surface area contributed by atoms with Crippen molar-refractivity contribution in [2.75, 3.05) is 5.73 Å². The summed E-state index contributed by atoms with van der Waals surface area (Å²) < 4.78 is 18.2. The third-order valence-electron chi connectivity index (χ3n) is 2.61. The number of rotatable bonds is 3. The van der Waals surface area contributed by atoms with Crippen molar-refractivity contribution in [1.29, 1.82) is 0 Å². The van der Waals surface area contributed by atoms with Crippen molar-refractivity contribution in [3.63, 3.8) is 0 Å². The van der Waals surface area contributed by atoms with Gasteiger partial charge in [-0.3, -0.25) is 0 Å². The van der Waals surface area contributed by atoms with Crippen molar-refractivity contribution in [3.8, 4) is 0 Å². The molecule has 2 rings (SSSR count). The molecule has 0 aliphatic carbocycles. The molecule has 98 valence electrons. The van der Waals surface area contributed by atoms with Crippen LogP contribution < -0.4 is 5.73 Å². The molecule has 0 unspecified atom stereocenters. The van der Waals surface area contributed by atoms with Crippen molar-refractivity contribution in [2.24, 2.45) is 0 Å². The molecular formula is C15H14FNO2. The standard InChI is InChI=1S/C15H14FNO2/c1-10-3-2-4-11(5-10)9-19-15(18)12-6-13(16)8-14(17)7-12/h2-8H,9,17H2,1H3. The maximum atomic E-state index is 13.1. The van der Waals surface area contributed by atoms with Crippen molar-refractivity contribution in [1.82, 2.24) is 0 Å². The number of carbonyl (C=O) groups excluding carboxylic acids is 1. The Morgan fingerprint density at radius 1 is 1.26 bits per heavy atom. The average molecular weight is 259 g/mol. The van der Waals surface area contributed by atoms with Gasteiger partial charge in [0.15, 0.2) is 0 Å². The van der Waals surface area contributed by atoms with E-state index in [2.05, 4.69) is 0 Å². The lowest BCUT2D eigenvalue weighted by molar-refractivity contribution is 0.0472. The summed E-state index contributed by atoms with van der Waals surface area (Å²) in [6.45, 7) is 2.11. The third-order valence-corrected chi connectivity index (χ3v) is 2.61. The number of carbonyl (C=O) groups is 1. The summed E-state index contributed by atoms with van der Waals surface area (Å²) in [6, 6.07) is 11.3. The van der Waals surface area contributed by atoms with Crippen molar-refractivity contribution < 1.29 is 13.9 Å². The summed E-state index contributed by atoms with van der Waals surface area (Å²) in [5, 5.41) is 0. The number of hydrogen-bond donors (Lipinski definition) is 1. The maximum Gasteiger partial charge on any atom is 0.338 e. The molecule has 3 nitrogen and oxygen atoms in total. The van der Waals surface area contributed by atoms with Gasteiger partial charge in [0.1, 0.15) is 12.4 Å². The predicted molar refractivity (Wildman–Crippen MR) is 71.1 cm³/mol. The van der Waals surface area contributed by atoms with E-state index in [1.807, 2.05) is 31.2 Å². The van der Waals surface area contributed by atoms with E-state index < -0.39 is 11.8 Å². The summed E-state index contributed by atoms with van der Waals surface area (Å²) in [6.07, 6.45) is 0. The van der Waals surface area contributed by atoms with Crippen LogP contribution in [-0.2, 0) is 11.3 Å². The van der Waals surface area contributed by atoms with Gasteiger partial charge in [0.05, 0.1) is 5.56 Å². The molecule has 2 aromatic rings. The minimum atomic E-state index is -0.590. The first-order valence-corrected chi connectivity index (χ1v) is 5.83. The summed E-state index contributed by atoms with van der Waals surface area (Å²) in [7, 11) is 0. The monoisotopic (exact) mass is 259 g/mol. The van der Waals surface area contributed by atoms with Crippen molar-refractivity contribution in [2.45, 2.75) is 13.5 Å². The van der Waals surface area contributed by atoms with Crippen LogP contribution in [0, 0.1) is 12.7 Å². The minimum absolute atomic E-state index is 0.116. The predicted octanol–water partition coefficient (Wildman–Crippen LogP) is 3.07. The highest BCUT2D eigenvalue weighted by atomic mass is 19.1. The first kappa shape index (κ1) is 13.1. The molecule has 4 heteroatoms. The van der Waals surface area contributed by atoms with Gasteiger partial charge in [0, 0.05) is 5.69 Å². The van der Waals surface area contributed by atoms with Crippen molar-refractivity contribution >= 4 is 11.7 Å². The molecule has 0 aromatic heterocycles. The third kappa shape index (κ3) is 3.55. The van der Waals surface area contributed by atoms with Gasteiger partial charge in [-0.15, -0.1) is 0 Å². The lowest BCUT2D eigenvalue weighted by atomic mass is 10.1. The number of anilines is 1. The van der Waals surface area contributed by atoms with E-state index in [-0.39, 0.29) is 17.9 Å². The van der Waals surface area contributed by atoms with Crippen LogP contribution in [0.1, 0.15) is 21.5 Å². The smallest absolute Gasteiger partial charge is 0.338 e. The topological polar surface area (TPSA) is 52.3 Å². The number of nitrogens with two attached hydrogens (primary N) is 1. The van der Waals surface area contributed by atoms with Gasteiger partial charge in [-0.25, -0.2) is 9.18 Å². The number of hydrogen-bond acceptors (Lipinski definition) is 3. The molecule has 2 aromatic carbocycles. The number of nitrogen functional groups attached to an aromatic ring is 1. The number of esters is 1. The fourth-order valence-corrected chi connectivity index (χ4v) is 1.76. The number of aryl methyl sites for hydroxylation is 1. The van der Waals surface area contributed by atoms with Gasteiger partial charge < -0.3 is 10.5 Å². The van der Waals surface area contributed by atoms with E-state index in [1.165, 1.54) is 6.07 Å².